The summed E-state index contributed by atoms with van der Waals surface area (Å²) in [4.78, 5) is 22.5. The molecular formula is C24H24O4. The first kappa shape index (κ1) is 17.5. The molecule has 4 aliphatic carbocycles. The SMILES string of the molecule is O=C(O)c1ccc(C2C3CC4CC(C3)CC2(c2ccc(C(=O)O)cc2)C4)cc1. The maximum Gasteiger partial charge on any atom is 0.335 e. The number of hydrogen-bond acceptors (Lipinski definition) is 2. The molecule has 6 rings (SSSR count). The lowest BCUT2D eigenvalue weighted by molar-refractivity contribution is -0.0280. The molecule has 0 aromatic heterocycles. The van der Waals surface area contributed by atoms with Crippen molar-refractivity contribution in [2.75, 3.05) is 0 Å². The van der Waals surface area contributed by atoms with Gasteiger partial charge in [0.2, 0.25) is 0 Å². The summed E-state index contributed by atoms with van der Waals surface area (Å²) in [6.07, 6.45) is 6.15. The fourth-order valence-electron chi connectivity index (χ4n) is 6.82. The second-order valence-electron chi connectivity index (χ2n) is 9.05. The lowest BCUT2D eigenvalue weighted by Gasteiger charge is -2.62. The largest absolute Gasteiger partial charge is 0.478 e. The zero-order chi connectivity index (χ0) is 19.5. The molecule has 4 fully saturated rings. The number of hydrogen-bond donors (Lipinski definition) is 2. The van der Waals surface area contributed by atoms with Crippen LogP contribution in [-0.2, 0) is 5.41 Å². The zero-order valence-corrected chi connectivity index (χ0v) is 15.7. The molecule has 4 saturated carbocycles. The van der Waals surface area contributed by atoms with Gasteiger partial charge >= 0.3 is 11.9 Å². The van der Waals surface area contributed by atoms with Gasteiger partial charge in [-0.3, -0.25) is 0 Å². The molecule has 3 atom stereocenters. The molecule has 0 saturated heterocycles. The van der Waals surface area contributed by atoms with Gasteiger partial charge in [0.05, 0.1) is 11.1 Å². The Kier molecular flexibility index (Phi) is 3.87. The average molecular weight is 376 g/mol. The van der Waals surface area contributed by atoms with E-state index >= 15 is 0 Å². The number of rotatable bonds is 4. The number of aromatic carboxylic acids is 2. The van der Waals surface area contributed by atoms with E-state index in [9.17, 15) is 19.8 Å². The predicted molar refractivity (Wildman–Crippen MR) is 105 cm³/mol. The van der Waals surface area contributed by atoms with E-state index in [1.165, 1.54) is 30.4 Å². The molecule has 28 heavy (non-hydrogen) atoms. The summed E-state index contributed by atoms with van der Waals surface area (Å²) < 4.78 is 0. The van der Waals surface area contributed by atoms with Gasteiger partial charge in [-0.1, -0.05) is 24.3 Å². The highest BCUT2D eigenvalue weighted by Gasteiger charge is 2.57. The molecule has 2 aromatic carbocycles. The highest BCUT2D eigenvalue weighted by molar-refractivity contribution is 5.88. The van der Waals surface area contributed by atoms with Crippen molar-refractivity contribution in [2.45, 2.75) is 43.4 Å². The Morgan fingerprint density at radius 1 is 0.750 bits per heavy atom. The monoisotopic (exact) mass is 376 g/mol. The maximum absolute atomic E-state index is 11.3. The van der Waals surface area contributed by atoms with Crippen LogP contribution in [0.4, 0.5) is 0 Å². The number of carboxylic acids is 2. The molecule has 0 amide bonds. The molecule has 4 bridgehead atoms. The molecule has 2 N–H and O–H groups in total. The van der Waals surface area contributed by atoms with Crippen LogP contribution in [-0.4, -0.2) is 22.2 Å². The standard InChI is InChI=1S/C24H24O4/c25-22(26)17-3-1-16(2-4-17)21-19-10-14-9-15(11-19)13-24(21,12-14)20-7-5-18(6-8-20)23(27)28/h1-8,14-15,19,21H,9-13H2,(H,25,26)(H,27,28). The van der Waals surface area contributed by atoms with Gasteiger partial charge in [-0.25, -0.2) is 9.59 Å². The van der Waals surface area contributed by atoms with Crippen molar-refractivity contribution >= 4 is 11.9 Å². The molecule has 4 nitrogen and oxygen atoms in total. The number of carbonyl (C=O) groups is 2. The summed E-state index contributed by atoms with van der Waals surface area (Å²) in [6, 6.07) is 15.0. The van der Waals surface area contributed by atoms with Crippen molar-refractivity contribution in [1.82, 2.24) is 0 Å². The Morgan fingerprint density at radius 2 is 1.25 bits per heavy atom. The second kappa shape index (κ2) is 6.20. The van der Waals surface area contributed by atoms with E-state index in [0.29, 0.717) is 23.0 Å². The Balaban J connectivity index is 1.59. The first-order valence-electron chi connectivity index (χ1n) is 10.1. The third kappa shape index (κ3) is 2.58. The highest BCUT2D eigenvalue weighted by atomic mass is 16.4. The molecular weight excluding hydrogens is 352 g/mol. The van der Waals surface area contributed by atoms with Gasteiger partial charge in [0.15, 0.2) is 0 Å². The van der Waals surface area contributed by atoms with E-state index in [-0.39, 0.29) is 5.41 Å². The van der Waals surface area contributed by atoms with Crippen molar-refractivity contribution in [3.05, 3.63) is 70.8 Å². The molecule has 0 spiro atoms. The average Bonchev–Trinajstić information content (AvgIpc) is 2.67. The predicted octanol–water partition coefficient (Wildman–Crippen LogP) is 4.94. The Morgan fingerprint density at radius 3 is 1.75 bits per heavy atom. The fraction of sp³-hybridized carbons (Fsp3) is 0.417. The molecule has 0 heterocycles. The molecule has 3 unspecified atom stereocenters. The first-order chi connectivity index (χ1) is 13.5. The smallest absolute Gasteiger partial charge is 0.335 e. The summed E-state index contributed by atoms with van der Waals surface area (Å²) in [5.74, 6) is 0.728. The van der Waals surface area contributed by atoms with Gasteiger partial charge in [-0.2, -0.15) is 0 Å². The minimum atomic E-state index is -0.893. The molecule has 0 radical (unpaired) electrons. The van der Waals surface area contributed by atoms with Crippen LogP contribution in [0.25, 0.3) is 0 Å². The summed E-state index contributed by atoms with van der Waals surface area (Å²) in [5.41, 5.74) is 3.18. The van der Waals surface area contributed by atoms with E-state index < -0.39 is 11.9 Å². The van der Waals surface area contributed by atoms with Crippen molar-refractivity contribution in [3.63, 3.8) is 0 Å². The topological polar surface area (TPSA) is 74.6 Å². The van der Waals surface area contributed by atoms with Gasteiger partial charge in [0.25, 0.3) is 0 Å². The molecule has 4 heteroatoms. The van der Waals surface area contributed by atoms with Crippen molar-refractivity contribution < 1.29 is 19.8 Å². The quantitative estimate of drug-likeness (QED) is 0.792. The van der Waals surface area contributed by atoms with Crippen molar-refractivity contribution in [3.8, 4) is 0 Å². The van der Waals surface area contributed by atoms with E-state index in [0.717, 1.165) is 24.7 Å². The Labute approximate surface area is 164 Å². The van der Waals surface area contributed by atoms with E-state index in [4.69, 9.17) is 0 Å². The van der Waals surface area contributed by atoms with Crippen molar-refractivity contribution in [2.24, 2.45) is 17.8 Å². The number of benzene rings is 2. The minimum absolute atomic E-state index is 0.0382. The summed E-state index contributed by atoms with van der Waals surface area (Å²) in [5, 5.41) is 18.5. The first-order valence-corrected chi connectivity index (χ1v) is 10.1. The van der Waals surface area contributed by atoms with E-state index in [2.05, 4.69) is 0 Å². The van der Waals surface area contributed by atoms with Crippen LogP contribution >= 0.6 is 0 Å². The third-order valence-electron chi connectivity index (χ3n) is 7.53. The maximum atomic E-state index is 11.3. The van der Waals surface area contributed by atoms with Crippen LogP contribution in [0.15, 0.2) is 48.5 Å². The van der Waals surface area contributed by atoms with Crippen LogP contribution in [0, 0.1) is 17.8 Å². The van der Waals surface area contributed by atoms with Crippen LogP contribution in [0.5, 0.6) is 0 Å². The number of carboxylic acid groups (broad SMARTS) is 2. The van der Waals surface area contributed by atoms with Crippen molar-refractivity contribution in [1.29, 1.82) is 0 Å². The van der Waals surface area contributed by atoms with Crippen LogP contribution in [0.1, 0.15) is 69.9 Å². The highest BCUT2D eigenvalue weighted by Crippen LogP contribution is 2.66. The molecule has 0 aliphatic heterocycles. The van der Waals surface area contributed by atoms with Gasteiger partial charge in [0.1, 0.15) is 0 Å². The zero-order valence-electron chi connectivity index (χ0n) is 15.7. The summed E-state index contributed by atoms with van der Waals surface area (Å²) in [7, 11) is 0. The Bertz CT molecular complexity index is 914. The lowest BCUT2D eigenvalue weighted by atomic mass is 9.42. The second-order valence-corrected chi connectivity index (χ2v) is 9.05. The molecule has 144 valence electrons. The van der Waals surface area contributed by atoms with Crippen LogP contribution < -0.4 is 0 Å². The van der Waals surface area contributed by atoms with E-state index in [1.807, 2.05) is 24.3 Å². The van der Waals surface area contributed by atoms with E-state index in [1.54, 1.807) is 24.3 Å². The Hall–Kier alpha value is -2.62. The summed E-state index contributed by atoms with van der Waals surface area (Å²) >= 11 is 0. The van der Waals surface area contributed by atoms with Gasteiger partial charge in [0, 0.05) is 5.41 Å². The van der Waals surface area contributed by atoms with Gasteiger partial charge in [-0.05, 0) is 91.2 Å². The minimum Gasteiger partial charge on any atom is -0.478 e. The normalized spacial score (nSPS) is 33.0. The molecule has 2 aromatic rings. The van der Waals surface area contributed by atoms with Gasteiger partial charge < -0.3 is 10.2 Å². The van der Waals surface area contributed by atoms with Crippen LogP contribution in [0.2, 0.25) is 0 Å². The lowest BCUT2D eigenvalue weighted by Crippen LogP contribution is -2.53. The third-order valence-corrected chi connectivity index (χ3v) is 7.53. The molecule has 4 aliphatic rings. The van der Waals surface area contributed by atoms with Crippen LogP contribution in [0.3, 0.4) is 0 Å². The summed E-state index contributed by atoms with van der Waals surface area (Å²) in [6.45, 7) is 0. The fourth-order valence-corrected chi connectivity index (χ4v) is 6.82. The van der Waals surface area contributed by atoms with Gasteiger partial charge in [-0.15, -0.1) is 0 Å².